The Labute approximate surface area is 239 Å². The second kappa shape index (κ2) is 10.7. The van der Waals surface area contributed by atoms with Gasteiger partial charge in [0.1, 0.15) is 22.1 Å². The molecule has 212 valence electrons. The number of halogens is 1. The maximum atomic E-state index is 13.3. The lowest BCUT2D eigenvalue weighted by molar-refractivity contribution is -0.136. The Morgan fingerprint density at radius 2 is 1.85 bits per heavy atom. The number of carbonyl (C=O) groups excluding carboxylic acids is 5. The number of hydrogen-bond acceptors (Lipinski definition) is 8. The van der Waals surface area contributed by atoms with Gasteiger partial charge in [-0.25, -0.2) is 9.78 Å². The number of benzene rings is 1. The number of anilines is 1. The number of H-pyrrole nitrogens is 1. The van der Waals surface area contributed by atoms with Crippen molar-refractivity contribution >= 4 is 51.3 Å². The van der Waals surface area contributed by atoms with Gasteiger partial charge in [0, 0.05) is 31.1 Å². The molecule has 12 nitrogen and oxygen atoms in total. The Morgan fingerprint density at radius 1 is 1.12 bits per heavy atom. The highest BCUT2D eigenvalue weighted by Crippen LogP contribution is 2.33. The molecule has 3 aliphatic rings. The molecular formula is C27H31BrN6O6. The highest BCUT2D eigenvalue weighted by molar-refractivity contribution is 9.10. The summed E-state index contributed by atoms with van der Waals surface area (Å²) in [5.74, 6) is -1.24. The average Bonchev–Trinajstić information content (AvgIpc) is 3.39. The largest absolute Gasteiger partial charge is 0.444 e. The summed E-state index contributed by atoms with van der Waals surface area (Å²) in [6, 6.07) is 3.91. The predicted molar refractivity (Wildman–Crippen MR) is 147 cm³/mol. The van der Waals surface area contributed by atoms with Crippen LogP contribution in [0.1, 0.15) is 84.6 Å². The Kier molecular flexibility index (Phi) is 7.42. The van der Waals surface area contributed by atoms with Crippen LogP contribution in [0.2, 0.25) is 0 Å². The molecule has 13 heteroatoms. The fourth-order valence-electron chi connectivity index (χ4n) is 5.23. The smallest absolute Gasteiger partial charge is 0.410 e. The van der Waals surface area contributed by atoms with Gasteiger partial charge in [0.25, 0.3) is 11.8 Å². The first kappa shape index (κ1) is 27.8. The molecule has 5 rings (SSSR count). The van der Waals surface area contributed by atoms with Crippen molar-refractivity contribution in [2.45, 2.75) is 70.6 Å². The number of fused-ring (bicyclic) bond motifs is 1. The van der Waals surface area contributed by atoms with Crippen LogP contribution in [0, 0.1) is 0 Å². The van der Waals surface area contributed by atoms with Crippen molar-refractivity contribution in [3.63, 3.8) is 0 Å². The van der Waals surface area contributed by atoms with Gasteiger partial charge in [-0.15, -0.1) is 0 Å². The fourth-order valence-corrected chi connectivity index (χ4v) is 5.66. The topological polar surface area (TPSA) is 154 Å². The van der Waals surface area contributed by atoms with Gasteiger partial charge < -0.3 is 19.9 Å². The molecule has 0 aliphatic carbocycles. The molecule has 4 heterocycles. The third-order valence-electron chi connectivity index (χ3n) is 7.20. The highest BCUT2D eigenvalue weighted by Gasteiger charge is 2.45. The fraction of sp³-hybridized carbons (Fsp3) is 0.481. The molecule has 40 heavy (non-hydrogen) atoms. The number of piperidine rings is 2. The zero-order valence-corrected chi connectivity index (χ0v) is 24.1. The van der Waals surface area contributed by atoms with E-state index in [0.717, 1.165) is 29.3 Å². The molecule has 0 spiro atoms. The highest BCUT2D eigenvalue weighted by atomic mass is 79.9. The number of nitrogens with one attached hydrogen (secondary N) is 3. The van der Waals surface area contributed by atoms with Crippen LogP contribution in [0.3, 0.4) is 0 Å². The van der Waals surface area contributed by atoms with Gasteiger partial charge in [-0.2, -0.15) is 0 Å². The van der Waals surface area contributed by atoms with E-state index in [1.807, 2.05) is 20.8 Å². The second-order valence-electron chi connectivity index (χ2n) is 11.2. The Morgan fingerprint density at radius 3 is 2.52 bits per heavy atom. The Bertz CT molecular complexity index is 1390. The molecule has 1 aromatic carbocycles. The molecule has 5 amide bonds. The van der Waals surface area contributed by atoms with E-state index >= 15 is 0 Å². The van der Waals surface area contributed by atoms with Gasteiger partial charge in [0.15, 0.2) is 0 Å². The van der Waals surface area contributed by atoms with Gasteiger partial charge in [-0.3, -0.25) is 29.4 Å². The zero-order chi connectivity index (χ0) is 28.8. The van der Waals surface area contributed by atoms with Crippen molar-refractivity contribution in [3.8, 4) is 0 Å². The number of nitrogens with zero attached hydrogens (tertiary/aromatic N) is 3. The minimum absolute atomic E-state index is 0.0606. The number of hydrogen-bond donors (Lipinski definition) is 3. The summed E-state index contributed by atoms with van der Waals surface area (Å²) in [6.07, 6.45) is 1.33. The molecule has 2 aromatic rings. The average molecular weight is 615 g/mol. The number of aromatic amines is 1. The van der Waals surface area contributed by atoms with Crippen LogP contribution in [-0.2, 0) is 20.9 Å². The number of imide groups is 2. The van der Waals surface area contributed by atoms with E-state index in [0.29, 0.717) is 29.9 Å². The lowest BCUT2D eigenvalue weighted by Gasteiger charge is -2.32. The van der Waals surface area contributed by atoms with Gasteiger partial charge in [0.05, 0.1) is 23.4 Å². The first-order valence-electron chi connectivity index (χ1n) is 13.2. The van der Waals surface area contributed by atoms with E-state index in [1.165, 1.54) is 0 Å². The summed E-state index contributed by atoms with van der Waals surface area (Å²) < 4.78 is 6.11. The van der Waals surface area contributed by atoms with E-state index in [2.05, 4.69) is 36.5 Å². The van der Waals surface area contributed by atoms with Crippen LogP contribution in [0.5, 0.6) is 0 Å². The third-order valence-corrected chi connectivity index (χ3v) is 7.86. The molecular weight excluding hydrogens is 584 g/mol. The summed E-state index contributed by atoms with van der Waals surface area (Å²) in [7, 11) is 0. The number of imidazole rings is 1. The van der Waals surface area contributed by atoms with Gasteiger partial charge in [-0.1, -0.05) is 6.07 Å². The van der Waals surface area contributed by atoms with Crippen molar-refractivity contribution in [1.29, 1.82) is 0 Å². The number of amides is 5. The van der Waals surface area contributed by atoms with Gasteiger partial charge >= 0.3 is 6.09 Å². The van der Waals surface area contributed by atoms with Crippen molar-refractivity contribution in [1.82, 2.24) is 25.1 Å². The molecule has 1 unspecified atom stereocenters. The van der Waals surface area contributed by atoms with Gasteiger partial charge in [0.2, 0.25) is 11.8 Å². The van der Waals surface area contributed by atoms with Crippen molar-refractivity contribution in [2.75, 3.05) is 18.4 Å². The van der Waals surface area contributed by atoms with Crippen LogP contribution < -0.4 is 10.6 Å². The second-order valence-corrected chi connectivity index (χ2v) is 11.9. The number of aromatic nitrogens is 2. The summed E-state index contributed by atoms with van der Waals surface area (Å²) >= 11 is 3.51. The molecule has 0 bridgehead atoms. The van der Waals surface area contributed by atoms with Crippen LogP contribution in [0.15, 0.2) is 22.8 Å². The maximum Gasteiger partial charge on any atom is 0.410 e. The Hall–Kier alpha value is -3.74. The summed E-state index contributed by atoms with van der Waals surface area (Å²) in [6.45, 7) is 6.97. The monoisotopic (exact) mass is 614 g/mol. The van der Waals surface area contributed by atoms with E-state index in [4.69, 9.17) is 4.74 Å². The number of likely N-dealkylation sites (tertiary alicyclic amines) is 1. The molecule has 1 atom stereocenters. The first-order valence-corrected chi connectivity index (χ1v) is 14.0. The van der Waals surface area contributed by atoms with Gasteiger partial charge in [-0.05, 0) is 68.1 Å². The lowest BCUT2D eigenvalue weighted by Crippen LogP contribution is -2.54. The van der Waals surface area contributed by atoms with E-state index < -0.39 is 35.3 Å². The van der Waals surface area contributed by atoms with Crippen LogP contribution in [-0.4, -0.2) is 74.2 Å². The normalized spacial score (nSPS) is 20.1. The SMILES string of the molecule is CC(C)(C)OC(=O)N1CCC(c2nc(Br)c(CNc3cccc4c3C(=O)N(C3CCC(=O)NC3=O)C4=O)[nH]2)CC1. The predicted octanol–water partition coefficient (Wildman–Crippen LogP) is 3.30. The summed E-state index contributed by atoms with van der Waals surface area (Å²) in [5.41, 5.74) is 1.09. The van der Waals surface area contributed by atoms with Crippen LogP contribution >= 0.6 is 15.9 Å². The zero-order valence-electron chi connectivity index (χ0n) is 22.5. The maximum absolute atomic E-state index is 13.3. The quantitative estimate of drug-likeness (QED) is 0.433. The third kappa shape index (κ3) is 5.47. The van der Waals surface area contributed by atoms with E-state index in [9.17, 15) is 24.0 Å². The molecule has 0 saturated carbocycles. The number of ether oxygens (including phenoxy) is 1. The molecule has 0 radical (unpaired) electrons. The van der Waals surface area contributed by atoms with Crippen LogP contribution in [0.25, 0.3) is 0 Å². The lowest BCUT2D eigenvalue weighted by atomic mass is 9.96. The minimum Gasteiger partial charge on any atom is -0.444 e. The minimum atomic E-state index is -1.02. The molecule has 3 N–H and O–H groups in total. The summed E-state index contributed by atoms with van der Waals surface area (Å²) in [5, 5.41) is 5.44. The molecule has 1 aromatic heterocycles. The van der Waals surface area contributed by atoms with Crippen molar-refractivity contribution < 1.29 is 28.7 Å². The number of carbonyl (C=O) groups is 5. The first-order chi connectivity index (χ1) is 18.9. The standard InChI is InChI=1S/C27H31BrN6O6/c1-27(2,3)40-26(39)33-11-9-14(10-12-33)22-30-17(21(28)32-22)13-29-16-6-4-5-15-20(16)25(38)34(24(15)37)18-7-8-19(35)31-23(18)36/h4-6,14,18,29H,7-13H2,1-3H3,(H,30,32)(H,31,35,36). The van der Waals surface area contributed by atoms with Crippen LogP contribution in [0.4, 0.5) is 10.5 Å². The summed E-state index contributed by atoms with van der Waals surface area (Å²) in [4.78, 5) is 73.4. The van der Waals surface area contributed by atoms with Crippen molar-refractivity contribution in [2.24, 2.45) is 0 Å². The molecule has 3 aliphatic heterocycles. The molecule has 2 saturated heterocycles. The molecule has 2 fully saturated rings. The number of rotatable bonds is 5. The Balaban J connectivity index is 1.25. The van der Waals surface area contributed by atoms with E-state index in [1.54, 1.807) is 23.1 Å². The van der Waals surface area contributed by atoms with E-state index in [-0.39, 0.29) is 36.0 Å². The van der Waals surface area contributed by atoms with Crippen molar-refractivity contribution in [3.05, 3.63) is 45.4 Å².